The van der Waals surface area contributed by atoms with Crippen molar-refractivity contribution in [2.75, 3.05) is 18.5 Å². The zero-order chi connectivity index (χ0) is 13.5. The van der Waals surface area contributed by atoms with Crippen LogP contribution in [0.1, 0.15) is 19.3 Å². The Balaban J connectivity index is 2.05. The van der Waals surface area contributed by atoms with E-state index >= 15 is 0 Å². The van der Waals surface area contributed by atoms with Gasteiger partial charge in [-0.1, -0.05) is 0 Å². The maximum atomic E-state index is 14.2. The summed E-state index contributed by atoms with van der Waals surface area (Å²) in [5.41, 5.74) is -0.274. The molecule has 1 fully saturated rings. The number of rotatable bonds is 0. The van der Waals surface area contributed by atoms with Crippen molar-refractivity contribution < 1.29 is 18.7 Å². The average Bonchev–Trinajstić information content (AvgIpc) is 2.52. The maximum Gasteiger partial charge on any atom is 0.228 e. The SMILES string of the molecule is O=C1CC2(CCOCC2)Oc2c(ccc(Br)c2F)N1. The topological polar surface area (TPSA) is 47.6 Å². The van der Waals surface area contributed by atoms with Gasteiger partial charge in [0, 0.05) is 12.8 Å². The van der Waals surface area contributed by atoms with Gasteiger partial charge in [-0.2, -0.15) is 0 Å². The number of halogens is 2. The number of carbonyl (C=O) groups is 1. The number of fused-ring (bicyclic) bond motifs is 1. The van der Waals surface area contributed by atoms with E-state index in [2.05, 4.69) is 21.2 Å². The highest BCUT2D eigenvalue weighted by Crippen LogP contribution is 2.41. The molecule has 6 heteroatoms. The molecule has 0 aromatic heterocycles. The molecule has 0 saturated carbocycles. The molecule has 2 aliphatic rings. The molecule has 0 atom stereocenters. The summed E-state index contributed by atoms with van der Waals surface area (Å²) in [6.07, 6.45) is 1.40. The second-order valence-electron chi connectivity index (χ2n) is 4.86. The first-order valence-corrected chi connectivity index (χ1v) is 6.94. The summed E-state index contributed by atoms with van der Waals surface area (Å²) in [5.74, 6) is -0.518. The molecule has 0 radical (unpaired) electrons. The molecule has 102 valence electrons. The van der Waals surface area contributed by atoms with Gasteiger partial charge in [0.25, 0.3) is 0 Å². The van der Waals surface area contributed by atoms with Crippen LogP contribution in [0.5, 0.6) is 5.75 Å². The van der Waals surface area contributed by atoms with Crippen LogP contribution in [-0.2, 0) is 9.53 Å². The molecular formula is C13H13BrFNO3. The fourth-order valence-electron chi connectivity index (χ4n) is 2.49. The normalized spacial score (nSPS) is 21.3. The first-order chi connectivity index (χ1) is 9.10. The summed E-state index contributed by atoms with van der Waals surface area (Å²) in [6.45, 7) is 1.05. The summed E-state index contributed by atoms with van der Waals surface area (Å²) in [4.78, 5) is 11.9. The molecule has 0 bridgehead atoms. The number of hydrogen-bond donors (Lipinski definition) is 1. The van der Waals surface area contributed by atoms with Crippen molar-refractivity contribution in [3.8, 4) is 5.75 Å². The van der Waals surface area contributed by atoms with E-state index in [1.165, 1.54) is 0 Å². The van der Waals surface area contributed by atoms with Crippen LogP contribution in [0, 0.1) is 5.82 Å². The summed E-state index contributed by atoms with van der Waals surface area (Å²) >= 11 is 3.13. The lowest BCUT2D eigenvalue weighted by atomic mass is 9.90. The highest BCUT2D eigenvalue weighted by Gasteiger charge is 2.40. The van der Waals surface area contributed by atoms with Crippen LogP contribution in [-0.4, -0.2) is 24.7 Å². The van der Waals surface area contributed by atoms with Crippen LogP contribution in [0.3, 0.4) is 0 Å². The van der Waals surface area contributed by atoms with Gasteiger partial charge < -0.3 is 14.8 Å². The lowest BCUT2D eigenvalue weighted by Gasteiger charge is -2.35. The molecule has 1 aromatic carbocycles. The van der Waals surface area contributed by atoms with Gasteiger partial charge in [-0.25, -0.2) is 4.39 Å². The molecule has 1 aromatic rings. The smallest absolute Gasteiger partial charge is 0.228 e. The van der Waals surface area contributed by atoms with Crippen LogP contribution in [0.15, 0.2) is 16.6 Å². The molecule has 2 heterocycles. The molecule has 2 aliphatic heterocycles. The maximum absolute atomic E-state index is 14.2. The Hall–Kier alpha value is -1.14. The van der Waals surface area contributed by atoms with Crippen LogP contribution >= 0.6 is 15.9 Å². The van der Waals surface area contributed by atoms with Crippen LogP contribution in [0.2, 0.25) is 0 Å². The first-order valence-electron chi connectivity index (χ1n) is 6.14. The minimum Gasteiger partial charge on any atom is -0.481 e. The van der Waals surface area contributed by atoms with Crippen LogP contribution < -0.4 is 10.1 Å². The van der Waals surface area contributed by atoms with E-state index in [0.29, 0.717) is 36.2 Å². The summed E-state index contributed by atoms with van der Waals surface area (Å²) in [7, 11) is 0. The molecule has 19 heavy (non-hydrogen) atoms. The minimum atomic E-state index is -0.658. The molecule has 1 N–H and O–H groups in total. The third-order valence-corrected chi connectivity index (χ3v) is 4.14. The minimum absolute atomic E-state index is 0.113. The Morgan fingerprint density at radius 3 is 2.79 bits per heavy atom. The van der Waals surface area contributed by atoms with Gasteiger partial charge in [-0.05, 0) is 28.1 Å². The second kappa shape index (κ2) is 4.76. The van der Waals surface area contributed by atoms with Gasteiger partial charge in [-0.15, -0.1) is 0 Å². The van der Waals surface area contributed by atoms with Crippen molar-refractivity contribution in [2.45, 2.75) is 24.9 Å². The van der Waals surface area contributed by atoms with Gasteiger partial charge in [0.1, 0.15) is 5.60 Å². The number of carbonyl (C=O) groups excluding carboxylic acids is 1. The number of benzene rings is 1. The van der Waals surface area contributed by atoms with Gasteiger partial charge in [-0.3, -0.25) is 4.79 Å². The Bertz CT molecular complexity index is 529. The Kier molecular flexibility index (Phi) is 3.22. The average molecular weight is 330 g/mol. The molecule has 1 amide bonds. The zero-order valence-corrected chi connectivity index (χ0v) is 11.8. The van der Waals surface area contributed by atoms with Gasteiger partial charge >= 0.3 is 0 Å². The standard InChI is InChI=1S/C13H13BrFNO3/c14-8-1-2-9-12(11(8)15)19-13(7-10(17)16-9)3-5-18-6-4-13/h1-2H,3-7H2,(H,16,17). The molecule has 1 spiro atoms. The Morgan fingerprint density at radius 1 is 1.32 bits per heavy atom. The lowest BCUT2D eigenvalue weighted by molar-refractivity contribution is -0.122. The fourth-order valence-corrected chi connectivity index (χ4v) is 2.80. The van der Waals surface area contributed by atoms with E-state index in [-0.39, 0.29) is 18.1 Å². The van der Waals surface area contributed by atoms with E-state index in [0.717, 1.165) is 0 Å². The quantitative estimate of drug-likeness (QED) is 0.796. The molecule has 4 nitrogen and oxygen atoms in total. The molecule has 1 saturated heterocycles. The summed E-state index contributed by atoms with van der Waals surface area (Å²) < 4.78 is 25.7. The van der Waals surface area contributed by atoms with Crippen LogP contribution in [0.4, 0.5) is 10.1 Å². The van der Waals surface area contributed by atoms with Crippen molar-refractivity contribution in [1.29, 1.82) is 0 Å². The van der Waals surface area contributed by atoms with E-state index < -0.39 is 11.4 Å². The van der Waals surface area contributed by atoms with Crippen molar-refractivity contribution >= 4 is 27.5 Å². The number of nitrogens with one attached hydrogen (secondary N) is 1. The number of anilines is 1. The highest BCUT2D eigenvalue weighted by atomic mass is 79.9. The van der Waals surface area contributed by atoms with Crippen molar-refractivity contribution in [1.82, 2.24) is 0 Å². The number of hydrogen-bond acceptors (Lipinski definition) is 3. The van der Waals surface area contributed by atoms with Crippen LogP contribution in [0.25, 0.3) is 0 Å². The fraction of sp³-hybridized carbons (Fsp3) is 0.462. The summed E-state index contributed by atoms with van der Waals surface area (Å²) in [6, 6.07) is 3.19. The predicted octanol–water partition coefficient (Wildman–Crippen LogP) is 2.86. The Labute approximate surface area is 118 Å². The molecule has 0 aliphatic carbocycles. The van der Waals surface area contributed by atoms with Crippen molar-refractivity contribution in [3.05, 3.63) is 22.4 Å². The molecule has 3 rings (SSSR count). The largest absolute Gasteiger partial charge is 0.481 e. The highest BCUT2D eigenvalue weighted by molar-refractivity contribution is 9.10. The molecule has 0 unspecified atom stereocenters. The monoisotopic (exact) mass is 329 g/mol. The number of amides is 1. The summed E-state index contributed by atoms with van der Waals surface area (Å²) in [5, 5.41) is 2.70. The molecular weight excluding hydrogens is 317 g/mol. The third kappa shape index (κ3) is 2.34. The van der Waals surface area contributed by atoms with Gasteiger partial charge in [0.15, 0.2) is 11.6 Å². The van der Waals surface area contributed by atoms with Gasteiger partial charge in [0.2, 0.25) is 5.91 Å². The second-order valence-corrected chi connectivity index (χ2v) is 5.71. The van der Waals surface area contributed by atoms with E-state index in [4.69, 9.17) is 9.47 Å². The van der Waals surface area contributed by atoms with Gasteiger partial charge in [0.05, 0.1) is 29.8 Å². The van der Waals surface area contributed by atoms with Crippen molar-refractivity contribution in [3.63, 3.8) is 0 Å². The van der Waals surface area contributed by atoms with E-state index in [9.17, 15) is 9.18 Å². The zero-order valence-electron chi connectivity index (χ0n) is 10.2. The first kappa shape index (κ1) is 12.9. The third-order valence-electron chi connectivity index (χ3n) is 3.53. The number of ether oxygens (including phenoxy) is 2. The van der Waals surface area contributed by atoms with E-state index in [1.807, 2.05) is 0 Å². The van der Waals surface area contributed by atoms with E-state index in [1.54, 1.807) is 12.1 Å². The lowest BCUT2D eigenvalue weighted by Crippen LogP contribution is -2.43. The van der Waals surface area contributed by atoms with Crippen molar-refractivity contribution in [2.24, 2.45) is 0 Å². The predicted molar refractivity (Wildman–Crippen MR) is 70.8 cm³/mol. The Morgan fingerprint density at radius 2 is 2.05 bits per heavy atom.